The summed E-state index contributed by atoms with van der Waals surface area (Å²) in [4.78, 5) is 55.3. The van der Waals surface area contributed by atoms with Crippen LogP contribution in [0.1, 0.15) is 32.4 Å². The Balaban J connectivity index is 1.57. The van der Waals surface area contributed by atoms with Gasteiger partial charge < -0.3 is 4.74 Å². The number of nitrogens with zero attached hydrogens (tertiary/aromatic N) is 1. The number of amides is 2. The molecule has 1 spiro atoms. The molecule has 2 heterocycles. The number of benzene rings is 3. The molecule has 0 unspecified atom stereocenters. The van der Waals surface area contributed by atoms with Crippen LogP contribution in [0, 0.1) is 23.5 Å². The van der Waals surface area contributed by atoms with Gasteiger partial charge in [0.2, 0.25) is 29.0 Å². The summed E-state index contributed by atoms with van der Waals surface area (Å²) in [7, 11) is 0. The average molecular weight is 494 g/mol. The van der Waals surface area contributed by atoms with Crippen molar-refractivity contribution < 1.29 is 32.7 Å². The van der Waals surface area contributed by atoms with E-state index in [1.807, 2.05) is 0 Å². The second kappa shape index (κ2) is 7.37. The van der Waals surface area contributed by atoms with E-state index < -0.39 is 64.2 Å². The highest BCUT2D eigenvalue weighted by atomic mass is 35.5. The Morgan fingerprint density at radius 1 is 0.829 bits per heavy atom. The smallest absolute Gasteiger partial charge is 0.241 e. The Hall–Kier alpha value is -3.75. The van der Waals surface area contributed by atoms with E-state index in [0.29, 0.717) is 16.5 Å². The zero-order chi connectivity index (χ0) is 24.6. The molecule has 6 nitrogen and oxygen atoms in total. The molecule has 0 N–H and O–H groups in total. The Labute approximate surface area is 202 Å². The van der Waals surface area contributed by atoms with Crippen LogP contribution in [-0.4, -0.2) is 29.0 Å². The van der Waals surface area contributed by atoms with Gasteiger partial charge in [-0.25, -0.2) is 13.7 Å². The minimum Gasteiger partial charge on any atom is -0.349 e. The molecular formula is C26H14ClF2NO5. The van der Waals surface area contributed by atoms with Gasteiger partial charge in [-0.2, -0.15) is 0 Å². The number of rotatable bonds is 2. The number of ketones is 2. The SMILES string of the molecule is O=C1[C@H]2[C@@H](c3ccccc3Cl)OC3(C(=O)c4ccccc4C3=O)[C@@H]2C(=O)N1c1ccc(F)cc1F. The quantitative estimate of drug-likeness (QED) is 0.392. The first-order chi connectivity index (χ1) is 16.8. The number of anilines is 1. The molecule has 174 valence electrons. The number of fused-ring (bicyclic) bond motifs is 3. The number of imide groups is 1. The van der Waals surface area contributed by atoms with Crippen molar-refractivity contribution in [2.24, 2.45) is 11.8 Å². The van der Waals surface area contributed by atoms with Gasteiger partial charge >= 0.3 is 0 Å². The standard InChI is InChI=1S/C26H14ClF2NO5/c27-16-8-4-3-7-15(16)21-19-20(25(34)30(24(19)33)18-10-9-12(28)11-17(18)29)26(35-21)22(31)13-5-1-2-6-14(13)23(26)32/h1-11,19-21H/t19-,20+,21-/m1/s1. The molecule has 3 aromatic rings. The Morgan fingerprint density at radius 3 is 2.09 bits per heavy atom. The minimum absolute atomic E-state index is 0.0720. The van der Waals surface area contributed by atoms with Crippen molar-refractivity contribution in [2.45, 2.75) is 11.7 Å². The summed E-state index contributed by atoms with van der Waals surface area (Å²) < 4.78 is 34.3. The van der Waals surface area contributed by atoms with Gasteiger partial charge in [0.25, 0.3) is 0 Å². The number of ether oxygens (including phenoxy) is 1. The van der Waals surface area contributed by atoms with Gasteiger partial charge in [-0.05, 0) is 18.2 Å². The molecule has 6 rings (SSSR count). The van der Waals surface area contributed by atoms with Crippen molar-refractivity contribution in [3.63, 3.8) is 0 Å². The summed E-state index contributed by atoms with van der Waals surface area (Å²) in [5, 5.41) is 0.204. The van der Waals surface area contributed by atoms with E-state index in [4.69, 9.17) is 16.3 Å². The average Bonchev–Trinajstić information content (AvgIpc) is 3.40. The fourth-order valence-corrected chi connectivity index (χ4v) is 5.65. The van der Waals surface area contributed by atoms with Gasteiger partial charge in [0.05, 0.1) is 23.6 Å². The highest BCUT2D eigenvalue weighted by Gasteiger charge is 2.75. The van der Waals surface area contributed by atoms with E-state index >= 15 is 0 Å². The summed E-state index contributed by atoms with van der Waals surface area (Å²) in [6.07, 6.45) is -1.24. The van der Waals surface area contributed by atoms with E-state index in [9.17, 15) is 28.0 Å². The Morgan fingerprint density at radius 2 is 1.46 bits per heavy atom. The molecule has 9 heteroatoms. The molecule has 2 fully saturated rings. The van der Waals surface area contributed by atoms with Crippen molar-refractivity contribution in [2.75, 3.05) is 4.90 Å². The lowest BCUT2D eigenvalue weighted by molar-refractivity contribution is -0.127. The highest BCUT2D eigenvalue weighted by Crippen LogP contribution is 2.58. The van der Waals surface area contributed by atoms with E-state index in [2.05, 4.69) is 0 Å². The molecule has 3 aliphatic rings. The molecule has 2 amide bonds. The summed E-state index contributed by atoms with van der Waals surface area (Å²) in [5.74, 6) is -8.27. The third-order valence-electron chi connectivity index (χ3n) is 6.88. The third-order valence-corrected chi connectivity index (χ3v) is 7.23. The fraction of sp³-hybridized carbons (Fsp3) is 0.154. The van der Waals surface area contributed by atoms with Crippen molar-refractivity contribution >= 4 is 40.7 Å². The lowest BCUT2D eigenvalue weighted by Crippen LogP contribution is -2.51. The van der Waals surface area contributed by atoms with E-state index in [0.717, 1.165) is 12.1 Å². The maximum atomic E-state index is 14.7. The van der Waals surface area contributed by atoms with Gasteiger partial charge in [-0.1, -0.05) is 54.1 Å². The lowest BCUT2D eigenvalue weighted by Gasteiger charge is -2.27. The van der Waals surface area contributed by atoms with E-state index in [1.54, 1.807) is 36.4 Å². The highest BCUT2D eigenvalue weighted by molar-refractivity contribution is 6.37. The van der Waals surface area contributed by atoms with Gasteiger partial charge in [0.15, 0.2) is 0 Å². The number of carbonyl (C=O) groups is 4. The maximum Gasteiger partial charge on any atom is 0.241 e. The van der Waals surface area contributed by atoms with Crippen LogP contribution < -0.4 is 4.90 Å². The van der Waals surface area contributed by atoms with Crippen molar-refractivity contribution in [1.82, 2.24) is 0 Å². The number of Topliss-reactive ketones (excluding diaryl/α,β-unsaturated/α-hetero) is 2. The van der Waals surface area contributed by atoms with Crippen LogP contribution in [0.15, 0.2) is 66.7 Å². The molecule has 2 aliphatic heterocycles. The molecule has 0 radical (unpaired) electrons. The minimum atomic E-state index is -2.31. The van der Waals surface area contributed by atoms with Crippen molar-refractivity contribution in [3.8, 4) is 0 Å². The lowest BCUT2D eigenvalue weighted by atomic mass is 9.77. The Bertz CT molecular complexity index is 1450. The monoisotopic (exact) mass is 493 g/mol. The van der Waals surface area contributed by atoms with Crippen molar-refractivity contribution in [3.05, 3.63) is 100 Å². The molecule has 3 atom stereocenters. The van der Waals surface area contributed by atoms with Gasteiger partial charge in [-0.3, -0.25) is 19.2 Å². The largest absolute Gasteiger partial charge is 0.349 e. The predicted molar refractivity (Wildman–Crippen MR) is 119 cm³/mol. The van der Waals surface area contributed by atoms with Crippen LogP contribution >= 0.6 is 11.6 Å². The summed E-state index contributed by atoms with van der Waals surface area (Å²) in [6, 6.07) is 14.9. The fourth-order valence-electron chi connectivity index (χ4n) is 5.41. The first-order valence-corrected chi connectivity index (χ1v) is 11.1. The zero-order valence-corrected chi connectivity index (χ0v) is 18.5. The summed E-state index contributed by atoms with van der Waals surface area (Å²) >= 11 is 6.37. The van der Waals surface area contributed by atoms with Gasteiger partial charge in [-0.15, -0.1) is 0 Å². The zero-order valence-electron chi connectivity index (χ0n) is 17.7. The third kappa shape index (κ3) is 2.72. The topological polar surface area (TPSA) is 80.8 Å². The van der Waals surface area contributed by atoms with Gasteiger partial charge in [0, 0.05) is 27.8 Å². The van der Waals surface area contributed by atoms with Crippen LogP contribution in [0.5, 0.6) is 0 Å². The molecular weight excluding hydrogens is 480 g/mol. The molecule has 0 aromatic heterocycles. The number of carbonyl (C=O) groups excluding carboxylic acids is 4. The normalized spacial score (nSPS) is 24.4. The molecule has 35 heavy (non-hydrogen) atoms. The van der Waals surface area contributed by atoms with Crippen LogP contribution in [0.25, 0.3) is 0 Å². The second-order valence-electron chi connectivity index (χ2n) is 8.61. The van der Waals surface area contributed by atoms with Crippen molar-refractivity contribution in [1.29, 1.82) is 0 Å². The first-order valence-electron chi connectivity index (χ1n) is 10.7. The van der Waals surface area contributed by atoms with Crippen LogP contribution in [-0.2, 0) is 14.3 Å². The molecule has 0 bridgehead atoms. The second-order valence-corrected chi connectivity index (χ2v) is 9.02. The summed E-state index contributed by atoms with van der Waals surface area (Å²) in [6.45, 7) is 0. The molecule has 1 aliphatic carbocycles. The predicted octanol–water partition coefficient (Wildman–Crippen LogP) is 4.31. The van der Waals surface area contributed by atoms with E-state index in [-0.39, 0.29) is 16.1 Å². The maximum absolute atomic E-state index is 14.7. The van der Waals surface area contributed by atoms with Crippen LogP contribution in [0.4, 0.5) is 14.5 Å². The van der Waals surface area contributed by atoms with Gasteiger partial charge in [0.1, 0.15) is 11.6 Å². The summed E-state index contributed by atoms with van der Waals surface area (Å²) in [5.41, 5.74) is -2.33. The van der Waals surface area contributed by atoms with Crippen LogP contribution in [0.2, 0.25) is 5.02 Å². The first kappa shape index (κ1) is 21.8. The molecule has 3 aromatic carbocycles. The Kier molecular flexibility index (Phi) is 4.58. The molecule has 2 saturated heterocycles. The number of hydrogen-bond donors (Lipinski definition) is 0. The number of hydrogen-bond acceptors (Lipinski definition) is 5. The number of halogens is 3. The van der Waals surface area contributed by atoms with E-state index in [1.165, 1.54) is 12.1 Å². The van der Waals surface area contributed by atoms with Crippen LogP contribution in [0.3, 0.4) is 0 Å². The molecule has 0 saturated carbocycles.